The molecular formula is C50H46O8. The SMILES string of the molecule is C=C(C)C(=O)OC(COc1ccccc1-c1ccccc1)COc1ccccc1-c1ccccc1OCC(COc1ccccc1-c1ccccc1)OC(=O)C(=C)C. The summed E-state index contributed by atoms with van der Waals surface area (Å²) in [5, 5.41) is 0. The van der Waals surface area contributed by atoms with Gasteiger partial charge in [0, 0.05) is 33.4 Å². The van der Waals surface area contributed by atoms with Crippen LogP contribution in [-0.4, -0.2) is 50.6 Å². The molecule has 0 spiro atoms. The Labute approximate surface area is 339 Å². The fraction of sp³-hybridized carbons (Fsp3) is 0.160. The number of para-hydroxylation sites is 4. The zero-order valence-electron chi connectivity index (χ0n) is 32.7. The molecule has 0 aliphatic rings. The van der Waals surface area contributed by atoms with Gasteiger partial charge < -0.3 is 28.4 Å². The first-order chi connectivity index (χ1) is 28.3. The summed E-state index contributed by atoms with van der Waals surface area (Å²) in [6.45, 7) is 10.7. The summed E-state index contributed by atoms with van der Waals surface area (Å²) in [5.74, 6) is 1.27. The fourth-order valence-corrected chi connectivity index (χ4v) is 5.99. The van der Waals surface area contributed by atoms with Gasteiger partial charge in [0.1, 0.15) is 49.4 Å². The van der Waals surface area contributed by atoms with Gasteiger partial charge in [0.15, 0.2) is 12.2 Å². The summed E-state index contributed by atoms with van der Waals surface area (Å²) in [7, 11) is 0. The van der Waals surface area contributed by atoms with Gasteiger partial charge in [-0.2, -0.15) is 0 Å². The lowest BCUT2D eigenvalue weighted by Crippen LogP contribution is -2.31. The van der Waals surface area contributed by atoms with Crippen molar-refractivity contribution in [2.24, 2.45) is 0 Å². The Kier molecular flexibility index (Phi) is 14.1. The van der Waals surface area contributed by atoms with E-state index < -0.39 is 24.1 Å². The molecule has 0 heterocycles. The first-order valence-electron chi connectivity index (χ1n) is 19.0. The van der Waals surface area contributed by atoms with Gasteiger partial charge in [0.25, 0.3) is 0 Å². The molecule has 58 heavy (non-hydrogen) atoms. The lowest BCUT2D eigenvalue weighted by atomic mass is 10.0. The molecule has 294 valence electrons. The van der Waals surface area contributed by atoms with Gasteiger partial charge in [0.2, 0.25) is 0 Å². The molecule has 6 rings (SSSR count). The maximum absolute atomic E-state index is 12.7. The molecule has 8 heteroatoms. The van der Waals surface area contributed by atoms with Crippen molar-refractivity contribution >= 4 is 11.9 Å². The number of hydrogen-bond acceptors (Lipinski definition) is 8. The predicted octanol–water partition coefficient (Wildman–Crippen LogP) is 10.6. The number of esters is 2. The van der Waals surface area contributed by atoms with E-state index in [-0.39, 0.29) is 37.6 Å². The number of rotatable bonds is 19. The second kappa shape index (κ2) is 20.2. The number of carbonyl (C=O) groups is 2. The molecule has 2 unspecified atom stereocenters. The average Bonchev–Trinajstić information content (AvgIpc) is 3.26. The highest BCUT2D eigenvalue weighted by atomic mass is 16.6. The van der Waals surface area contributed by atoms with Gasteiger partial charge in [-0.3, -0.25) is 0 Å². The lowest BCUT2D eigenvalue weighted by molar-refractivity contribution is -0.148. The van der Waals surface area contributed by atoms with Crippen LogP contribution in [0, 0.1) is 0 Å². The van der Waals surface area contributed by atoms with E-state index in [2.05, 4.69) is 13.2 Å². The summed E-state index contributed by atoms with van der Waals surface area (Å²) in [6.07, 6.45) is -1.55. The molecule has 0 N–H and O–H groups in total. The molecule has 2 atom stereocenters. The van der Waals surface area contributed by atoms with Crippen LogP contribution in [0.2, 0.25) is 0 Å². The topological polar surface area (TPSA) is 89.5 Å². The highest BCUT2D eigenvalue weighted by molar-refractivity contribution is 5.87. The number of carbonyl (C=O) groups excluding carboxylic acids is 2. The van der Waals surface area contributed by atoms with Crippen molar-refractivity contribution < 1.29 is 38.0 Å². The van der Waals surface area contributed by atoms with Gasteiger partial charge in [-0.15, -0.1) is 0 Å². The third-order valence-corrected chi connectivity index (χ3v) is 8.95. The molecule has 0 aliphatic carbocycles. The minimum atomic E-state index is -0.775. The van der Waals surface area contributed by atoms with E-state index in [9.17, 15) is 9.59 Å². The minimum Gasteiger partial charge on any atom is -0.489 e. The highest BCUT2D eigenvalue weighted by Gasteiger charge is 2.22. The number of ether oxygens (including phenoxy) is 6. The minimum absolute atomic E-state index is 0.00666. The van der Waals surface area contributed by atoms with Crippen molar-refractivity contribution in [1.82, 2.24) is 0 Å². The first kappa shape index (κ1) is 40.6. The van der Waals surface area contributed by atoms with Gasteiger partial charge >= 0.3 is 11.9 Å². The monoisotopic (exact) mass is 774 g/mol. The molecule has 0 radical (unpaired) electrons. The first-order valence-corrected chi connectivity index (χ1v) is 19.0. The van der Waals surface area contributed by atoms with Crippen LogP contribution in [0.5, 0.6) is 23.0 Å². The van der Waals surface area contributed by atoms with E-state index in [0.29, 0.717) is 23.0 Å². The third kappa shape index (κ3) is 11.0. The van der Waals surface area contributed by atoms with Crippen LogP contribution in [0.4, 0.5) is 0 Å². The second-order valence-electron chi connectivity index (χ2n) is 13.6. The summed E-state index contributed by atoms with van der Waals surface area (Å²) in [5.41, 5.74) is 5.83. The molecule has 0 fully saturated rings. The molecule has 0 saturated heterocycles. The van der Waals surface area contributed by atoms with Gasteiger partial charge in [0.05, 0.1) is 0 Å². The van der Waals surface area contributed by atoms with Crippen molar-refractivity contribution in [2.45, 2.75) is 26.1 Å². The Morgan fingerprint density at radius 2 is 0.655 bits per heavy atom. The summed E-state index contributed by atoms with van der Waals surface area (Å²) >= 11 is 0. The van der Waals surface area contributed by atoms with Crippen LogP contribution in [-0.2, 0) is 19.1 Å². The smallest absolute Gasteiger partial charge is 0.333 e. The van der Waals surface area contributed by atoms with Crippen LogP contribution in [0.15, 0.2) is 182 Å². The van der Waals surface area contributed by atoms with Crippen LogP contribution in [0.1, 0.15) is 13.8 Å². The van der Waals surface area contributed by atoms with Crippen LogP contribution >= 0.6 is 0 Å². The second-order valence-corrected chi connectivity index (χ2v) is 13.6. The van der Waals surface area contributed by atoms with Crippen molar-refractivity contribution in [3.63, 3.8) is 0 Å². The van der Waals surface area contributed by atoms with Crippen molar-refractivity contribution in [1.29, 1.82) is 0 Å². The lowest BCUT2D eigenvalue weighted by Gasteiger charge is -2.22. The zero-order valence-corrected chi connectivity index (χ0v) is 32.7. The average molecular weight is 775 g/mol. The molecule has 6 aromatic rings. The molecule has 0 aliphatic heterocycles. The summed E-state index contributed by atoms with van der Waals surface area (Å²) in [6, 6.07) is 50.3. The quantitative estimate of drug-likeness (QED) is 0.0594. The maximum atomic E-state index is 12.7. The van der Waals surface area contributed by atoms with E-state index >= 15 is 0 Å². The Morgan fingerprint density at radius 3 is 0.966 bits per heavy atom. The van der Waals surface area contributed by atoms with Crippen molar-refractivity contribution in [3.05, 3.63) is 182 Å². The molecule has 0 amide bonds. The summed E-state index contributed by atoms with van der Waals surface area (Å²) < 4.78 is 36.9. The number of benzene rings is 6. The van der Waals surface area contributed by atoms with E-state index in [1.54, 1.807) is 13.8 Å². The van der Waals surface area contributed by atoms with Gasteiger partial charge in [-0.25, -0.2) is 9.59 Å². The molecule has 6 aromatic carbocycles. The third-order valence-electron chi connectivity index (χ3n) is 8.95. The fourth-order valence-electron chi connectivity index (χ4n) is 5.99. The van der Waals surface area contributed by atoms with E-state index in [0.717, 1.165) is 33.4 Å². The molecule has 0 aromatic heterocycles. The van der Waals surface area contributed by atoms with Crippen molar-refractivity contribution in [3.8, 4) is 56.4 Å². The zero-order chi connectivity index (χ0) is 40.7. The Bertz CT molecular complexity index is 2150. The standard InChI is InChI=1S/C50H46O8/c1-35(2)49(51)57-39(31-53-45-27-15-11-23-41(45)37-19-7-5-8-20-37)33-55-47-29-17-13-25-43(47)44-26-14-18-30-48(44)56-34-40(58-50(52)36(3)4)32-54-46-28-16-12-24-42(46)38-21-9-6-10-22-38/h5-30,39-40H,1,3,31-34H2,2,4H3. The Morgan fingerprint density at radius 1 is 0.397 bits per heavy atom. The van der Waals surface area contributed by atoms with Crippen LogP contribution in [0.25, 0.3) is 33.4 Å². The van der Waals surface area contributed by atoms with E-state index in [1.807, 2.05) is 158 Å². The largest absolute Gasteiger partial charge is 0.489 e. The Balaban J connectivity index is 1.18. The normalized spacial score (nSPS) is 11.7. The van der Waals surface area contributed by atoms with E-state index in [1.165, 1.54) is 0 Å². The van der Waals surface area contributed by atoms with Crippen LogP contribution < -0.4 is 18.9 Å². The van der Waals surface area contributed by atoms with E-state index in [4.69, 9.17) is 28.4 Å². The number of hydrogen-bond donors (Lipinski definition) is 0. The summed E-state index contributed by atoms with van der Waals surface area (Å²) in [4.78, 5) is 25.5. The highest BCUT2D eigenvalue weighted by Crippen LogP contribution is 2.37. The molecule has 0 bridgehead atoms. The molecular weight excluding hydrogens is 729 g/mol. The van der Waals surface area contributed by atoms with Gasteiger partial charge in [-0.05, 0) is 49.2 Å². The maximum Gasteiger partial charge on any atom is 0.333 e. The van der Waals surface area contributed by atoms with Crippen molar-refractivity contribution in [2.75, 3.05) is 26.4 Å². The Hall–Kier alpha value is -7.06. The van der Waals surface area contributed by atoms with Crippen LogP contribution in [0.3, 0.4) is 0 Å². The molecule has 8 nitrogen and oxygen atoms in total. The molecule has 0 saturated carbocycles. The van der Waals surface area contributed by atoms with Gasteiger partial charge in [-0.1, -0.05) is 147 Å². The predicted molar refractivity (Wildman–Crippen MR) is 227 cm³/mol.